The molecule has 0 radical (unpaired) electrons. The maximum Gasteiger partial charge on any atom is 0.379 e. The summed E-state index contributed by atoms with van der Waals surface area (Å²) in [7, 11) is 0. The Balaban J connectivity index is 3.04. The Hall–Kier alpha value is -1.08. The molecule has 0 bridgehead atoms. The number of alkyl halides is 2. The Kier molecular flexibility index (Phi) is 4.75. The molecule has 0 fully saturated rings. The average Bonchev–Trinajstić information content (AvgIpc) is 2.26. The summed E-state index contributed by atoms with van der Waals surface area (Å²) >= 11 is 2.96. The molecule has 0 heterocycles. The Morgan fingerprint density at radius 1 is 1.50 bits per heavy atom. The topological polar surface area (TPSA) is 52.3 Å². The van der Waals surface area contributed by atoms with Crippen molar-refractivity contribution in [3.63, 3.8) is 0 Å². The largest absolute Gasteiger partial charge is 0.462 e. The minimum Gasteiger partial charge on any atom is -0.462 e. The SMILES string of the molecule is CCOC(=O)C(F)(F)[C@H](N)c1cc(F)cc(Br)c1. The van der Waals surface area contributed by atoms with E-state index in [-0.39, 0.29) is 16.6 Å². The van der Waals surface area contributed by atoms with Gasteiger partial charge in [0, 0.05) is 4.47 Å². The van der Waals surface area contributed by atoms with Gasteiger partial charge in [0.1, 0.15) is 11.9 Å². The van der Waals surface area contributed by atoms with Crippen LogP contribution in [0.25, 0.3) is 0 Å². The van der Waals surface area contributed by atoms with Gasteiger partial charge in [0.2, 0.25) is 0 Å². The third kappa shape index (κ3) is 3.23. The van der Waals surface area contributed by atoms with Crippen LogP contribution >= 0.6 is 15.9 Å². The minimum absolute atomic E-state index is 0.187. The van der Waals surface area contributed by atoms with Gasteiger partial charge in [-0.05, 0) is 30.7 Å². The fourth-order valence-corrected chi connectivity index (χ4v) is 1.80. The molecule has 0 aromatic heterocycles. The standard InChI is InChI=1S/C11H11BrF3NO2/c1-2-18-10(17)11(14,15)9(16)6-3-7(12)5-8(13)4-6/h3-5,9H,2,16H2,1H3/t9-/m1/s1. The molecule has 1 aromatic rings. The predicted octanol–water partition coefficient (Wildman–Crippen LogP) is 2.79. The summed E-state index contributed by atoms with van der Waals surface area (Å²) in [5, 5.41) is 0. The zero-order valence-corrected chi connectivity index (χ0v) is 11.0. The van der Waals surface area contributed by atoms with Crippen LogP contribution in [0.1, 0.15) is 18.5 Å². The van der Waals surface area contributed by atoms with Crippen molar-refractivity contribution in [3.8, 4) is 0 Å². The molecule has 0 aliphatic heterocycles. The molecule has 3 nitrogen and oxygen atoms in total. The summed E-state index contributed by atoms with van der Waals surface area (Å²) in [6.07, 6.45) is 0. The molecule has 0 unspecified atom stereocenters. The van der Waals surface area contributed by atoms with Gasteiger partial charge in [0.05, 0.1) is 6.61 Å². The van der Waals surface area contributed by atoms with Crippen LogP contribution in [0.3, 0.4) is 0 Å². The number of nitrogens with two attached hydrogens (primary N) is 1. The molecule has 1 atom stereocenters. The smallest absolute Gasteiger partial charge is 0.379 e. The highest BCUT2D eigenvalue weighted by atomic mass is 79.9. The highest BCUT2D eigenvalue weighted by Gasteiger charge is 2.47. The van der Waals surface area contributed by atoms with Gasteiger partial charge < -0.3 is 10.5 Å². The molecule has 0 saturated carbocycles. The zero-order chi connectivity index (χ0) is 13.9. The number of carbonyl (C=O) groups is 1. The highest BCUT2D eigenvalue weighted by molar-refractivity contribution is 9.10. The third-order valence-corrected chi connectivity index (χ3v) is 2.64. The van der Waals surface area contributed by atoms with E-state index >= 15 is 0 Å². The number of halogens is 4. The molecule has 0 saturated heterocycles. The normalized spacial score (nSPS) is 13.2. The van der Waals surface area contributed by atoms with Gasteiger partial charge in [-0.25, -0.2) is 9.18 Å². The predicted molar refractivity (Wildman–Crippen MR) is 62.6 cm³/mol. The van der Waals surface area contributed by atoms with Gasteiger partial charge in [-0.3, -0.25) is 0 Å². The van der Waals surface area contributed by atoms with Gasteiger partial charge in [-0.2, -0.15) is 8.78 Å². The van der Waals surface area contributed by atoms with E-state index in [0.717, 1.165) is 12.1 Å². The molecule has 18 heavy (non-hydrogen) atoms. The van der Waals surface area contributed by atoms with Gasteiger partial charge in [-0.1, -0.05) is 15.9 Å². The van der Waals surface area contributed by atoms with Crippen molar-refractivity contribution in [1.82, 2.24) is 0 Å². The molecule has 2 N–H and O–H groups in total. The van der Waals surface area contributed by atoms with E-state index in [9.17, 15) is 18.0 Å². The fraction of sp³-hybridized carbons (Fsp3) is 0.364. The Labute approximate surface area is 110 Å². The lowest BCUT2D eigenvalue weighted by Crippen LogP contribution is -2.41. The van der Waals surface area contributed by atoms with Crippen molar-refractivity contribution in [1.29, 1.82) is 0 Å². The number of hydrogen-bond donors (Lipinski definition) is 1. The van der Waals surface area contributed by atoms with E-state index in [2.05, 4.69) is 20.7 Å². The lowest BCUT2D eigenvalue weighted by Gasteiger charge is -2.22. The van der Waals surface area contributed by atoms with E-state index in [1.807, 2.05) is 0 Å². The van der Waals surface area contributed by atoms with Crippen molar-refractivity contribution in [2.75, 3.05) is 6.61 Å². The second kappa shape index (κ2) is 5.71. The molecule has 1 aromatic carbocycles. The fourth-order valence-electron chi connectivity index (χ4n) is 1.32. The maximum absolute atomic E-state index is 13.6. The van der Waals surface area contributed by atoms with E-state index in [1.54, 1.807) is 0 Å². The second-order valence-electron chi connectivity index (χ2n) is 3.52. The quantitative estimate of drug-likeness (QED) is 0.866. The molecular weight excluding hydrogens is 315 g/mol. The molecule has 0 amide bonds. The van der Waals surface area contributed by atoms with Crippen molar-refractivity contribution in [3.05, 3.63) is 34.1 Å². The zero-order valence-electron chi connectivity index (χ0n) is 9.42. The number of hydrogen-bond acceptors (Lipinski definition) is 3. The molecule has 0 spiro atoms. The summed E-state index contributed by atoms with van der Waals surface area (Å²) in [5.74, 6) is -6.36. The third-order valence-electron chi connectivity index (χ3n) is 2.18. The van der Waals surface area contributed by atoms with Crippen molar-refractivity contribution in [2.45, 2.75) is 18.9 Å². The van der Waals surface area contributed by atoms with Crippen LogP contribution in [-0.4, -0.2) is 18.5 Å². The van der Waals surface area contributed by atoms with Gasteiger partial charge >= 0.3 is 11.9 Å². The Morgan fingerprint density at radius 3 is 2.61 bits per heavy atom. The lowest BCUT2D eigenvalue weighted by atomic mass is 10.0. The molecular formula is C11H11BrF3NO2. The van der Waals surface area contributed by atoms with Crippen LogP contribution in [-0.2, 0) is 9.53 Å². The second-order valence-corrected chi connectivity index (χ2v) is 4.44. The minimum atomic E-state index is -3.91. The maximum atomic E-state index is 13.6. The van der Waals surface area contributed by atoms with Gasteiger partial charge in [0.15, 0.2) is 0 Å². The van der Waals surface area contributed by atoms with Gasteiger partial charge in [-0.15, -0.1) is 0 Å². The number of esters is 1. The van der Waals surface area contributed by atoms with Crippen LogP contribution in [0.4, 0.5) is 13.2 Å². The first-order valence-electron chi connectivity index (χ1n) is 5.05. The Morgan fingerprint density at radius 2 is 2.11 bits per heavy atom. The Bertz CT molecular complexity index is 434. The number of rotatable bonds is 4. The van der Waals surface area contributed by atoms with E-state index in [1.165, 1.54) is 13.0 Å². The highest BCUT2D eigenvalue weighted by Crippen LogP contribution is 2.32. The number of carbonyl (C=O) groups excluding carboxylic acids is 1. The monoisotopic (exact) mass is 325 g/mol. The lowest BCUT2D eigenvalue weighted by molar-refractivity contribution is -0.174. The van der Waals surface area contributed by atoms with Crippen LogP contribution in [0.15, 0.2) is 22.7 Å². The molecule has 0 aliphatic carbocycles. The van der Waals surface area contributed by atoms with Crippen molar-refractivity contribution >= 4 is 21.9 Å². The van der Waals surface area contributed by atoms with E-state index < -0.39 is 23.8 Å². The molecule has 100 valence electrons. The van der Waals surface area contributed by atoms with E-state index in [4.69, 9.17) is 5.73 Å². The van der Waals surface area contributed by atoms with Crippen LogP contribution in [0.2, 0.25) is 0 Å². The number of ether oxygens (including phenoxy) is 1. The van der Waals surface area contributed by atoms with E-state index in [0.29, 0.717) is 0 Å². The first-order chi connectivity index (χ1) is 8.28. The van der Waals surface area contributed by atoms with Crippen molar-refractivity contribution in [2.24, 2.45) is 5.73 Å². The summed E-state index contributed by atoms with van der Waals surface area (Å²) in [4.78, 5) is 11.1. The average molecular weight is 326 g/mol. The van der Waals surface area contributed by atoms with Crippen LogP contribution < -0.4 is 5.73 Å². The van der Waals surface area contributed by atoms with Gasteiger partial charge in [0.25, 0.3) is 0 Å². The molecule has 0 aliphatic rings. The summed E-state index contributed by atoms with van der Waals surface area (Å²) in [5.41, 5.74) is 5.11. The molecule has 1 rings (SSSR count). The number of benzene rings is 1. The summed E-state index contributed by atoms with van der Waals surface area (Å²) in [6.45, 7) is 1.21. The van der Waals surface area contributed by atoms with Crippen LogP contribution in [0, 0.1) is 5.82 Å². The van der Waals surface area contributed by atoms with Crippen LogP contribution in [0.5, 0.6) is 0 Å². The summed E-state index contributed by atoms with van der Waals surface area (Å²) < 4.78 is 44.8. The first-order valence-corrected chi connectivity index (χ1v) is 5.85. The first kappa shape index (κ1) is 15.0. The molecule has 7 heteroatoms. The van der Waals surface area contributed by atoms with Crippen molar-refractivity contribution < 1.29 is 22.7 Å². The summed E-state index contributed by atoms with van der Waals surface area (Å²) in [6, 6.07) is 1.20.